The number of benzene rings is 2. The highest BCUT2D eigenvalue weighted by Gasteiger charge is 2.29. The van der Waals surface area contributed by atoms with Gasteiger partial charge in [-0.3, -0.25) is 9.59 Å². The van der Waals surface area contributed by atoms with Crippen LogP contribution in [-0.2, 0) is 22.4 Å². The van der Waals surface area contributed by atoms with Crippen LogP contribution in [0.15, 0.2) is 48.5 Å². The molecule has 0 saturated carbocycles. The number of para-hydroxylation sites is 1. The molecule has 1 heterocycles. The molecule has 0 aromatic heterocycles. The summed E-state index contributed by atoms with van der Waals surface area (Å²) in [7, 11) is 0. The third-order valence-electron chi connectivity index (χ3n) is 4.38. The maximum Gasteiger partial charge on any atom is 0.308 e. The number of aryl methyl sites for hydroxylation is 1. The second kappa shape index (κ2) is 7.38. The molecular formula is C20H21NO4. The van der Waals surface area contributed by atoms with Crippen molar-refractivity contribution in [2.24, 2.45) is 5.92 Å². The van der Waals surface area contributed by atoms with E-state index in [2.05, 4.69) is 5.32 Å². The molecule has 0 aliphatic carbocycles. The van der Waals surface area contributed by atoms with Crippen LogP contribution in [0.4, 0.5) is 0 Å². The molecule has 25 heavy (non-hydrogen) atoms. The third-order valence-corrected chi connectivity index (χ3v) is 4.38. The van der Waals surface area contributed by atoms with Gasteiger partial charge in [-0.05, 0) is 30.5 Å². The second-order valence-electron chi connectivity index (χ2n) is 6.39. The summed E-state index contributed by atoms with van der Waals surface area (Å²) in [5, 5.41) is 12.2. The quantitative estimate of drug-likeness (QED) is 0.847. The molecule has 0 saturated heterocycles. The lowest BCUT2D eigenvalue weighted by Crippen LogP contribution is -2.41. The molecule has 0 fully saturated rings. The van der Waals surface area contributed by atoms with Crippen molar-refractivity contribution >= 4 is 11.9 Å². The van der Waals surface area contributed by atoms with Crippen molar-refractivity contribution < 1.29 is 19.4 Å². The van der Waals surface area contributed by atoms with Crippen molar-refractivity contribution in [1.29, 1.82) is 0 Å². The van der Waals surface area contributed by atoms with Gasteiger partial charge in [0.1, 0.15) is 5.75 Å². The van der Waals surface area contributed by atoms with Crippen LogP contribution < -0.4 is 10.1 Å². The number of amides is 1. The second-order valence-corrected chi connectivity index (χ2v) is 6.39. The van der Waals surface area contributed by atoms with Crippen LogP contribution in [-0.4, -0.2) is 29.6 Å². The van der Waals surface area contributed by atoms with Gasteiger partial charge in [-0.15, -0.1) is 0 Å². The summed E-state index contributed by atoms with van der Waals surface area (Å²) < 4.78 is 5.64. The number of carboxylic acids is 1. The van der Waals surface area contributed by atoms with E-state index in [0.29, 0.717) is 12.8 Å². The number of aliphatic carboxylic acids is 1. The Kier molecular flexibility index (Phi) is 5.03. The average molecular weight is 339 g/mol. The molecule has 2 aromatic carbocycles. The number of hydrogen-bond acceptors (Lipinski definition) is 3. The summed E-state index contributed by atoms with van der Waals surface area (Å²) >= 11 is 0. The molecule has 0 bridgehead atoms. The zero-order chi connectivity index (χ0) is 17.8. The Labute approximate surface area is 146 Å². The highest BCUT2D eigenvalue weighted by atomic mass is 16.5. The summed E-state index contributed by atoms with van der Waals surface area (Å²) in [6.07, 6.45) is 0.298. The van der Waals surface area contributed by atoms with Crippen LogP contribution in [0.5, 0.6) is 5.75 Å². The molecule has 1 amide bonds. The summed E-state index contributed by atoms with van der Waals surface area (Å²) in [6.45, 7) is 2.05. The van der Waals surface area contributed by atoms with Gasteiger partial charge in [-0.1, -0.05) is 48.0 Å². The van der Waals surface area contributed by atoms with Crippen molar-refractivity contribution in [3.8, 4) is 5.75 Å². The summed E-state index contributed by atoms with van der Waals surface area (Å²) in [5.74, 6) is -1.14. The number of carbonyl (C=O) groups excluding carboxylic acids is 1. The molecule has 2 atom stereocenters. The fourth-order valence-corrected chi connectivity index (χ4v) is 3.04. The van der Waals surface area contributed by atoms with E-state index < -0.39 is 18.0 Å². The standard InChI is InChI=1S/C20H21NO4/c1-13-5-4-6-14(9-13)10-16(20(23)24)12-21-19(22)18-11-15-7-2-3-8-17(15)25-18/h2-9,16,18H,10-12H2,1H3,(H,21,22)(H,23,24). The monoisotopic (exact) mass is 339 g/mol. The number of ether oxygens (including phenoxy) is 1. The van der Waals surface area contributed by atoms with Gasteiger partial charge in [-0.25, -0.2) is 0 Å². The Morgan fingerprint density at radius 2 is 2.04 bits per heavy atom. The Hall–Kier alpha value is -2.82. The summed E-state index contributed by atoms with van der Waals surface area (Å²) in [5.41, 5.74) is 3.03. The van der Waals surface area contributed by atoms with Crippen LogP contribution in [0.3, 0.4) is 0 Å². The molecule has 1 aliphatic heterocycles. The molecule has 130 valence electrons. The lowest BCUT2D eigenvalue weighted by atomic mass is 9.98. The van der Waals surface area contributed by atoms with E-state index in [9.17, 15) is 14.7 Å². The maximum atomic E-state index is 12.3. The van der Waals surface area contributed by atoms with Crippen LogP contribution in [0, 0.1) is 12.8 Å². The maximum absolute atomic E-state index is 12.3. The van der Waals surface area contributed by atoms with Gasteiger partial charge in [0.05, 0.1) is 5.92 Å². The first-order chi connectivity index (χ1) is 12.0. The average Bonchev–Trinajstić information content (AvgIpc) is 3.02. The van der Waals surface area contributed by atoms with Crippen LogP contribution in [0.2, 0.25) is 0 Å². The molecule has 2 aromatic rings. The van der Waals surface area contributed by atoms with E-state index in [0.717, 1.165) is 22.4 Å². The minimum Gasteiger partial charge on any atom is -0.481 e. The predicted molar refractivity (Wildman–Crippen MR) is 93.6 cm³/mol. The van der Waals surface area contributed by atoms with E-state index in [1.165, 1.54) is 0 Å². The van der Waals surface area contributed by atoms with Crippen molar-refractivity contribution in [3.05, 3.63) is 65.2 Å². The third kappa shape index (κ3) is 4.18. The first-order valence-electron chi connectivity index (χ1n) is 8.33. The van der Waals surface area contributed by atoms with Gasteiger partial charge >= 0.3 is 5.97 Å². The molecular weight excluding hydrogens is 318 g/mol. The van der Waals surface area contributed by atoms with E-state index in [4.69, 9.17) is 4.74 Å². The topological polar surface area (TPSA) is 75.6 Å². The lowest BCUT2D eigenvalue weighted by molar-refractivity contribution is -0.141. The Balaban J connectivity index is 1.57. The number of carboxylic acid groups (broad SMARTS) is 1. The van der Waals surface area contributed by atoms with Gasteiger partial charge in [0.2, 0.25) is 0 Å². The molecule has 2 N–H and O–H groups in total. The molecule has 0 radical (unpaired) electrons. The van der Waals surface area contributed by atoms with Crippen molar-refractivity contribution in [1.82, 2.24) is 5.32 Å². The van der Waals surface area contributed by atoms with Crippen molar-refractivity contribution in [2.75, 3.05) is 6.54 Å². The molecule has 5 nitrogen and oxygen atoms in total. The van der Waals surface area contributed by atoms with Gasteiger partial charge in [-0.2, -0.15) is 0 Å². The Morgan fingerprint density at radius 3 is 2.76 bits per heavy atom. The van der Waals surface area contributed by atoms with Crippen LogP contribution >= 0.6 is 0 Å². The Morgan fingerprint density at radius 1 is 1.24 bits per heavy atom. The first-order valence-corrected chi connectivity index (χ1v) is 8.33. The number of hydrogen-bond donors (Lipinski definition) is 2. The predicted octanol–water partition coefficient (Wildman–Crippen LogP) is 2.36. The fraction of sp³-hybridized carbons (Fsp3) is 0.300. The van der Waals surface area contributed by atoms with Crippen molar-refractivity contribution in [2.45, 2.75) is 25.9 Å². The minimum absolute atomic E-state index is 0.0817. The van der Waals surface area contributed by atoms with E-state index in [-0.39, 0.29) is 12.5 Å². The molecule has 5 heteroatoms. The lowest BCUT2D eigenvalue weighted by Gasteiger charge is -2.16. The zero-order valence-corrected chi connectivity index (χ0v) is 14.1. The normalized spacial score (nSPS) is 16.6. The number of carbonyl (C=O) groups is 2. The summed E-state index contributed by atoms with van der Waals surface area (Å²) in [4.78, 5) is 23.8. The highest BCUT2D eigenvalue weighted by molar-refractivity contribution is 5.83. The molecule has 1 aliphatic rings. The zero-order valence-electron chi connectivity index (χ0n) is 14.1. The van der Waals surface area contributed by atoms with E-state index in [1.807, 2.05) is 55.5 Å². The highest BCUT2D eigenvalue weighted by Crippen LogP contribution is 2.28. The van der Waals surface area contributed by atoms with Crippen LogP contribution in [0.1, 0.15) is 16.7 Å². The van der Waals surface area contributed by atoms with Crippen molar-refractivity contribution in [3.63, 3.8) is 0 Å². The van der Waals surface area contributed by atoms with Gasteiger partial charge in [0.25, 0.3) is 5.91 Å². The SMILES string of the molecule is Cc1cccc(CC(CNC(=O)C2Cc3ccccc3O2)C(=O)O)c1. The smallest absolute Gasteiger partial charge is 0.308 e. The number of fused-ring (bicyclic) bond motifs is 1. The summed E-state index contributed by atoms with van der Waals surface area (Å²) in [6, 6.07) is 15.3. The number of rotatable bonds is 6. The van der Waals surface area contributed by atoms with Gasteiger partial charge < -0.3 is 15.2 Å². The molecule has 0 spiro atoms. The van der Waals surface area contributed by atoms with E-state index >= 15 is 0 Å². The van der Waals surface area contributed by atoms with Crippen LogP contribution in [0.25, 0.3) is 0 Å². The number of nitrogens with one attached hydrogen (secondary N) is 1. The fourth-order valence-electron chi connectivity index (χ4n) is 3.04. The van der Waals surface area contributed by atoms with Gasteiger partial charge in [0, 0.05) is 13.0 Å². The first kappa shape index (κ1) is 17.0. The molecule has 3 rings (SSSR count). The van der Waals surface area contributed by atoms with Gasteiger partial charge in [0.15, 0.2) is 6.10 Å². The largest absolute Gasteiger partial charge is 0.481 e. The molecule has 2 unspecified atom stereocenters. The minimum atomic E-state index is -0.919. The van der Waals surface area contributed by atoms with E-state index in [1.54, 1.807) is 0 Å². The Bertz CT molecular complexity index is 762.